The number of nitrogens with one attached hydrogen (secondary N) is 1. The molecule has 1 aromatic rings. The summed E-state index contributed by atoms with van der Waals surface area (Å²) in [7, 11) is 0. The highest BCUT2D eigenvalue weighted by Crippen LogP contribution is 2.06. The van der Waals surface area contributed by atoms with Gasteiger partial charge in [-0.1, -0.05) is 19.8 Å². The third kappa shape index (κ3) is 2.54. The summed E-state index contributed by atoms with van der Waals surface area (Å²) in [6.07, 6.45) is 3.85. The molecule has 0 atom stereocenters. The van der Waals surface area contributed by atoms with Gasteiger partial charge in [0.05, 0.1) is 5.69 Å². The number of aromatic nitrogens is 3. The van der Waals surface area contributed by atoms with E-state index in [1.165, 1.54) is 0 Å². The van der Waals surface area contributed by atoms with Gasteiger partial charge < -0.3 is 5.11 Å². The number of aryl methyl sites for hydroxylation is 1. The smallest absolute Gasteiger partial charge is 0.358 e. The highest BCUT2D eigenvalue weighted by Gasteiger charge is 2.13. The van der Waals surface area contributed by atoms with Gasteiger partial charge in [0, 0.05) is 0 Å². The van der Waals surface area contributed by atoms with E-state index in [2.05, 4.69) is 22.3 Å². The van der Waals surface area contributed by atoms with Crippen LogP contribution in [-0.2, 0) is 6.42 Å². The first-order valence-corrected chi connectivity index (χ1v) is 4.38. The summed E-state index contributed by atoms with van der Waals surface area (Å²) in [5.74, 6) is -1.01. The van der Waals surface area contributed by atoms with Crippen LogP contribution in [0.25, 0.3) is 0 Å². The van der Waals surface area contributed by atoms with Crippen molar-refractivity contribution in [2.75, 3.05) is 0 Å². The molecule has 1 aromatic heterocycles. The number of nitrogens with zero attached hydrogens (tertiary/aromatic N) is 2. The van der Waals surface area contributed by atoms with E-state index in [0.29, 0.717) is 12.1 Å². The molecular formula is C8H13N3O2. The number of carboxylic acids is 1. The van der Waals surface area contributed by atoms with Gasteiger partial charge in [0.15, 0.2) is 5.69 Å². The molecule has 1 heterocycles. The lowest BCUT2D eigenvalue weighted by Gasteiger charge is -1.95. The van der Waals surface area contributed by atoms with Crippen LogP contribution >= 0.6 is 0 Å². The molecule has 0 radical (unpaired) electrons. The van der Waals surface area contributed by atoms with Gasteiger partial charge in [-0.25, -0.2) is 4.79 Å². The Morgan fingerprint density at radius 2 is 2.23 bits per heavy atom. The lowest BCUT2D eigenvalue weighted by molar-refractivity contribution is 0.0689. The van der Waals surface area contributed by atoms with Gasteiger partial charge in [0.2, 0.25) is 0 Å². The van der Waals surface area contributed by atoms with Crippen molar-refractivity contribution in [3.05, 3.63) is 11.4 Å². The molecule has 0 fully saturated rings. The van der Waals surface area contributed by atoms with Gasteiger partial charge in [-0.3, -0.25) is 0 Å². The number of carboxylic acid groups (broad SMARTS) is 1. The number of aromatic carboxylic acids is 1. The van der Waals surface area contributed by atoms with Crippen molar-refractivity contribution in [3.8, 4) is 0 Å². The Kier molecular flexibility index (Phi) is 3.42. The van der Waals surface area contributed by atoms with Crippen LogP contribution in [0.3, 0.4) is 0 Å². The van der Waals surface area contributed by atoms with Crippen LogP contribution in [0, 0.1) is 0 Å². The van der Waals surface area contributed by atoms with E-state index in [-0.39, 0.29) is 5.69 Å². The topological polar surface area (TPSA) is 78.9 Å². The van der Waals surface area contributed by atoms with Crippen LogP contribution in [0.5, 0.6) is 0 Å². The molecule has 13 heavy (non-hydrogen) atoms. The summed E-state index contributed by atoms with van der Waals surface area (Å²) in [5.41, 5.74) is 0.608. The van der Waals surface area contributed by atoms with Gasteiger partial charge >= 0.3 is 5.97 Å². The second-order valence-corrected chi connectivity index (χ2v) is 2.88. The monoisotopic (exact) mass is 183 g/mol. The molecule has 0 unspecified atom stereocenters. The predicted molar refractivity (Wildman–Crippen MR) is 46.6 cm³/mol. The second kappa shape index (κ2) is 4.59. The maximum Gasteiger partial charge on any atom is 0.358 e. The number of carbonyl (C=O) groups is 1. The molecule has 72 valence electrons. The first-order chi connectivity index (χ1) is 6.25. The van der Waals surface area contributed by atoms with Crippen molar-refractivity contribution in [3.63, 3.8) is 0 Å². The van der Waals surface area contributed by atoms with Crippen LogP contribution in [0.1, 0.15) is 42.4 Å². The van der Waals surface area contributed by atoms with E-state index in [9.17, 15) is 4.79 Å². The molecule has 0 spiro atoms. The molecular weight excluding hydrogens is 170 g/mol. The van der Waals surface area contributed by atoms with Crippen LogP contribution in [0.2, 0.25) is 0 Å². The SMILES string of the molecule is CCCCCc1n[nH]nc1C(=O)O. The summed E-state index contributed by atoms with van der Waals surface area (Å²) >= 11 is 0. The Labute approximate surface area is 76.2 Å². The number of aromatic amines is 1. The largest absolute Gasteiger partial charge is 0.476 e. The van der Waals surface area contributed by atoms with Gasteiger partial charge in [0.1, 0.15) is 0 Å². The van der Waals surface area contributed by atoms with E-state index in [1.54, 1.807) is 0 Å². The summed E-state index contributed by atoms with van der Waals surface area (Å²) in [5, 5.41) is 18.4. The molecule has 0 aliphatic heterocycles. The Bertz CT molecular complexity index is 283. The van der Waals surface area contributed by atoms with E-state index < -0.39 is 5.97 Å². The number of rotatable bonds is 5. The van der Waals surface area contributed by atoms with Crippen molar-refractivity contribution < 1.29 is 9.90 Å². The number of hydrogen-bond acceptors (Lipinski definition) is 3. The van der Waals surface area contributed by atoms with E-state index in [0.717, 1.165) is 19.3 Å². The molecule has 0 saturated carbocycles. The van der Waals surface area contributed by atoms with Crippen LogP contribution in [0.4, 0.5) is 0 Å². The molecule has 5 nitrogen and oxygen atoms in total. The second-order valence-electron chi connectivity index (χ2n) is 2.88. The Morgan fingerprint density at radius 1 is 1.46 bits per heavy atom. The molecule has 0 saturated heterocycles. The fraction of sp³-hybridized carbons (Fsp3) is 0.625. The van der Waals surface area contributed by atoms with Crippen molar-refractivity contribution >= 4 is 5.97 Å². The van der Waals surface area contributed by atoms with E-state index in [4.69, 9.17) is 5.11 Å². The van der Waals surface area contributed by atoms with Crippen molar-refractivity contribution in [2.45, 2.75) is 32.6 Å². The highest BCUT2D eigenvalue weighted by molar-refractivity contribution is 5.86. The van der Waals surface area contributed by atoms with Crippen LogP contribution < -0.4 is 0 Å². The number of H-pyrrole nitrogens is 1. The van der Waals surface area contributed by atoms with Crippen molar-refractivity contribution in [1.29, 1.82) is 0 Å². The minimum Gasteiger partial charge on any atom is -0.476 e. The molecule has 0 aliphatic rings. The predicted octanol–water partition coefficient (Wildman–Crippen LogP) is 1.24. The average Bonchev–Trinajstić information content (AvgIpc) is 2.53. The van der Waals surface area contributed by atoms with Gasteiger partial charge in [-0.05, 0) is 12.8 Å². The van der Waals surface area contributed by atoms with Gasteiger partial charge in [-0.2, -0.15) is 10.3 Å². The third-order valence-corrected chi connectivity index (χ3v) is 1.84. The molecule has 1 rings (SSSR count). The summed E-state index contributed by atoms with van der Waals surface area (Å²) in [6.45, 7) is 2.10. The van der Waals surface area contributed by atoms with Crippen molar-refractivity contribution in [2.24, 2.45) is 0 Å². The normalized spacial score (nSPS) is 10.2. The Morgan fingerprint density at radius 3 is 2.85 bits per heavy atom. The van der Waals surface area contributed by atoms with Crippen molar-refractivity contribution in [1.82, 2.24) is 15.4 Å². The van der Waals surface area contributed by atoms with E-state index in [1.807, 2.05) is 0 Å². The van der Waals surface area contributed by atoms with Gasteiger partial charge in [0.25, 0.3) is 0 Å². The van der Waals surface area contributed by atoms with Gasteiger partial charge in [-0.15, -0.1) is 5.10 Å². The Hall–Kier alpha value is -1.39. The number of unbranched alkanes of at least 4 members (excludes halogenated alkanes) is 2. The first-order valence-electron chi connectivity index (χ1n) is 4.38. The minimum absolute atomic E-state index is 0.0519. The number of hydrogen-bond donors (Lipinski definition) is 2. The molecule has 0 amide bonds. The summed E-state index contributed by atoms with van der Waals surface area (Å²) in [4.78, 5) is 10.6. The Balaban J connectivity index is 2.55. The third-order valence-electron chi connectivity index (χ3n) is 1.84. The lowest BCUT2D eigenvalue weighted by atomic mass is 10.1. The zero-order valence-corrected chi connectivity index (χ0v) is 7.58. The van der Waals surface area contributed by atoms with E-state index >= 15 is 0 Å². The van der Waals surface area contributed by atoms with Crippen LogP contribution in [0.15, 0.2) is 0 Å². The average molecular weight is 183 g/mol. The maximum atomic E-state index is 10.6. The maximum absolute atomic E-state index is 10.6. The zero-order valence-electron chi connectivity index (χ0n) is 7.58. The lowest BCUT2D eigenvalue weighted by Crippen LogP contribution is -2.02. The zero-order chi connectivity index (χ0) is 9.68. The molecule has 0 aliphatic carbocycles. The molecule has 0 aromatic carbocycles. The first kappa shape index (κ1) is 9.70. The fourth-order valence-corrected chi connectivity index (χ4v) is 1.14. The summed E-state index contributed by atoms with van der Waals surface area (Å²) < 4.78 is 0. The molecule has 2 N–H and O–H groups in total. The molecule has 0 bridgehead atoms. The summed E-state index contributed by atoms with van der Waals surface area (Å²) in [6, 6.07) is 0. The standard InChI is InChI=1S/C8H13N3O2/c1-2-3-4-5-6-7(8(12)13)10-11-9-6/h2-5H2,1H3,(H,12,13)(H,9,10,11). The van der Waals surface area contributed by atoms with Crippen LogP contribution in [-0.4, -0.2) is 26.5 Å². The quantitative estimate of drug-likeness (QED) is 0.673. The highest BCUT2D eigenvalue weighted by atomic mass is 16.4. The minimum atomic E-state index is -1.01. The fourth-order valence-electron chi connectivity index (χ4n) is 1.14. The molecule has 5 heteroatoms.